The maximum absolute atomic E-state index is 9.53. The van der Waals surface area contributed by atoms with Gasteiger partial charge in [0.1, 0.15) is 5.75 Å². The molecule has 0 aliphatic carbocycles. The van der Waals surface area contributed by atoms with E-state index in [1.54, 1.807) is 0 Å². The molecule has 3 heteroatoms. The van der Waals surface area contributed by atoms with Crippen molar-refractivity contribution in [2.24, 2.45) is 5.73 Å². The van der Waals surface area contributed by atoms with Gasteiger partial charge in [-0.3, -0.25) is 0 Å². The van der Waals surface area contributed by atoms with Crippen molar-refractivity contribution in [3.63, 3.8) is 0 Å². The Kier molecular flexibility index (Phi) is 3.12. The van der Waals surface area contributed by atoms with E-state index < -0.39 is 0 Å². The van der Waals surface area contributed by atoms with Crippen LogP contribution >= 0.6 is 15.9 Å². The molecule has 0 aliphatic heterocycles. The number of aromatic hydroxyl groups is 1. The van der Waals surface area contributed by atoms with E-state index in [1.165, 1.54) is 0 Å². The second-order valence-electron chi connectivity index (χ2n) is 2.74. The Morgan fingerprint density at radius 1 is 1.50 bits per heavy atom. The highest BCUT2D eigenvalue weighted by atomic mass is 79.9. The molecule has 12 heavy (non-hydrogen) atoms. The van der Waals surface area contributed by atoms with Crippen molar-refractivity contribution in [3.05, 3.63) is 27.7 Å². The molecule has 1 aromatic rings. The summed E-state index contributed by atoms with van der Waals surface area (Å²) in [7, 11) is 0. The van der Waals surface area contributed by atoms with Gasteiger partial charge in [-0.05, 0) is 46.9 Å². The second kappa shape index (κ2) is 3.92. The van der Waals surface area contributed by atoms with Gasteiger partial charge in [0.2, 0.25) is 0 Å². The maximum atomic E-state index is 9.53. The molecule has 0 saturated carbocycles. The van der Waals surface area contributed by atoms with E-state index in [0.717, 1.165) is 22.0 Å². The number of benzene rings is 1. The lowest BCUT2D eigenvalue weighted by Crippen LogP contribution is -2.03. The molecule has 0 atom stereocenters. The number of phenols is 1. The third-order valence-electron chi connectivity index (χ3n) is 1.81. The molecule has 0 amide bonds. The summed E-state index contributed by atoms with van der Waals surface area (Å²) in [6.07, 6.45) is 0.786. The number of rotatable bonds is 2. The molecule has 0 fully saturated rings. The first-order valence-corrected chi connectivity index (χ1v) is 4.63. The monoisotopic (exact) mass is 229 g/mol. The number of aryl methyl sites for hydroxylation is 1. The number of halogens is 1. The van der Waals surface area contributed by atoms with Crippen molar-refractivity contribution < 1.29 is 5.11 Å². The molecule has 1 aromatic carbocycles. The average Bonchev–Trinajstić information content (AvgIpc) is 2.07. The Morgan fingerprint density at radius 2 is 2.17 bits per heavy atom. The first-order valence-electron chi connectivity index (χ1n) is 3.84. The van der Waals surface area contributed by atoms with Gasteiger partial charge in [-0.15, -0.1) is 0 Å². The molecule has 3 N–H and O–H groups in total. The van der Waals surface area contributed by atoms with Crippen LogP contribution in [0.4, 0.5) is 0 Å². The highest BCUT2D eigenvalue weighted by molar-refractivity contribution is 9.10. The molecule has 0 radical (unpaired) electrons. The summed E-state index contributed by atoms with van der Waals surface area (Å²) in [4.78, 5) is 0. The van der Waals surface area contributed by atoms with Crippen LogP contribution in [0.3, 0.4) is 0 Å². The van der Waals surface area contributed by atoms with Crippen molar-refractivity contribution in [2.75, 3.05) is 6.54 Å². The Balaban J connectivity index is 3.08. The predicted molar refractivity (Wildman–Crippen MR) is 53.3 cm³/mol. The van der Waals surface area contributed by atoms with Crippen LogP contribution in [0.25, 0.3) is 0 Å². The standard InChI is InChI=1S/C9H12BrNO/c1-6-2-3-7(4-5-11)8(10)9(6)12/h2-3,12H,4-5,11H2,1H3. The van der Waals surface area contributed by atoms with Crippen molar-refractivity contribution in [2.45, 2.75) is 13.3 Å². The fourth-order valence-corrected chi connectivity index (χ4v) is 1.69. The smallest absolute Gasteiger partial charge is 0.132 e. The van der Waals surface area contributed by atoms with E-state index >= 15 is 0 Å². The van der Waals surface area contributed by atoms with Crippen LogP contribution in [0.2, 0.25) is 0 Å². The summed E-state index contributed by atoms with van der Waals surface area (Å²) in [6.45, 7) is 2.47. The Morgan fingerprint density at radius 3 is 2.75 bits per heavy atom. The molecule has 0 saturated heterocycles. The Labute approximate surface area is 80.5 Å². The van der Waals surface area contributed by atoms with Crippen LogP contribution in [0.5, 0.6) is 5.75 Å². The van der Waals surface area contributed by atoms with Crippen molar-refractivity contribution in [3.8, 4) is 5.75 Å². The van der Waals surface area contributed by atoms with Gasteiger partial charge in [0.25, 0.3) is 0 Å². The molecule has 0 bridgehead atoms. The highest BCUT2D eigenvalue weighted by Crippen LogP contribution is 2.30. The van der Waals surface area contributed by atoms with E-state index in [4.69, 9.17) is 5.73 Å². The molecule has 0 unspecified atom stereocenters. The third kappa shape index (κ3) is 1.79. The van der Waals surface area contributed by atoms with Gasteiger partial charge < -0.3 is 10.8 Å². The first kappa shape index (κ1) is 9.55. The minimum atomic E-state index is 0.320. The summed E-state index contributed by atoms with van der Waals surface area (Å²) in [5.41, 5.74) is 7.35. The third-order valence-corrected chi connectivity index (χ3v) is 2.70. The van der Waals surface area contributed by atoms with Crippen LogP contribution in [-0.2, 0) is 6.42 Å². The van der Waals surface area contributed by atoms with Gasteiger partial charge in [0.15, 0.2) is 0 Å². The Bertz CT molecular complexity index is 286. The number of nitrogens with two attached hydrogens (primary N) is 1. The molecule has 0 aliphatic rings. The molecular formula is C9H12BrNO. The molecule has 2 nitrogen and oxygen atoms in total. The first-order chi connectivity index (χ1) is 5.66. The lowest BCUT2D eigenvalue weighted by atomic mass is 10.1. The van der Waals surface area contributed by atoms with Crippen molar-refractivity contribution >= 4 is 15.9 Å². The highest BCUT2D eigenvalue weighted by Gasteiger charge is 2.05. The topological polar surface area (TPSA) is 46.2 Å². The lowest BCUT2D eigenvalue weighted by molar-refractivity contribution is 0.466. The summed E-state index contributed by atoms with van der Waals surface area (Å²) in [5.74, 6) is 0.320. The van der Waals surface area contributed by atoms with Crippen LogP contribution in [0.15, 0.2) is 16.6 Å². The summed E-state index contributed by atoms with van der Waals surface area (Å²) < 4.78 is 0.771. The number of hydrogen-bond acceptors (Lipinski definition) is 2. The molecule has 0 aromatic heterocycles. The Hall–Kier alpha value is -0.540. The van der Waals surface area contributed by atoms with E-state index in [9.17, 15) is 5.11 Å². The largest absolute Gasteiger partial charge is 0.506 e. The normalized spacial score (nSPS) is 10.2. The van der Waals surface area contributed by atoms with Gasteiger partial charge >= 0.3 is 0 Å². The van der Waals surface area contributed by atoms with Gasteiger partial charge in [-0.1, -0.05) is 12.1 Å². The molecule has 0 heterocycles. The summed E-state index contributed by atoms with van der Waals surface area (Å²) >= 11 is 3.33. The van der Waals surface area contributed by atoms with Crippen molar-refractivity contribution in [1.29, 1.82) is 0 Å². The zero-order chi connectivity index (χ0) is 9.14. The average molecular weight is 230 g/mol. The molecule has 1 rings (SSSR count). The lowest BCUT2D eigenvalue weighted by Gasteiger charge is -2.06. The molecular weight excluding hydrogens is 218 g/mol. The van der Waals surface area contributed by atoms with Crippen LogP contribution in [0.1, 0.15) is 11.1 Å². The van der Waals surface area contributed by atoms with Gasteiger partial charge in [0, 0.05) is 0 Å². The SMILES string of the molecule is Cc1ccc(CCN)c(Br)c1O. The fourth-order valence-electron chi connectivity index (χ4n) is 1.05. The second-order valence-corrected chi connectivity index (χ2v) is 3.54. The molecule has 0 spiro atoms. The van der Waals surface area contributed by atoms with E-state index in [1.807, 2.05) is 19.1 Å². The van der Waals surface area contributed by atoms with Crippen LogP contribution in [-0.4, -0.2) is 11.7 Å². The zero-order valence-electron chi connectivity index (χ0n) is 6.97. The van der Waals surface area contributed by atoms with Gasteiger partial charge in [0.05, 0.1) is 4.47 Å². The minimum absolute atomic E-state index is 0.320. The van der Waals surface area contributed by atoms with Gasteiger partial charge in [-0.25, -0.2) is 0 Å². The quantitative estimate of drug-likeness (QED) is 0.815. The van der Waals surface area contributed by atoms with E-state index in [0.29, 0.717) is 12.3 Å². The summed E-state index contributed by atoms with van der Waals surface area (Å²) in [6, 6.07) is 3.87. The van der Waals surface area contributed by atoms with Crippen LogP contribution < -0.4 is 5.73 Å². The zero-order valence-corrected chi connectivity index (χ0v) is 8.56. The summed E-state index contributed by atoms with van der Waals surface area (Å²) in [5, 5.41) is 9.53. The molecule has 66 valence electrons. The van der Waals surface area contributed by atoms with Crippen molar-refractivity contribution in [1.82, 2.24) is 0 Å². The van der Waals surface area contributed by atoms with E-state index in [-0.39, 0.29) is 0 Å². The predicted octanol–water partition coefficient (Wildman–Crippen LogP) is 1.96. The fraction of sp³-hybridized carbons (Fsp3) is 0.333. The number of phenolic OH excluding ortho intramolecular Hbond substituents is 1. The van der Waals surface area contributed by atoms with E-state index in [2.05, 4.69) is 15.9 Å². The maximum Gasteiger partial charge on any atom is 0.132 e. The minimum Gasteiger partial charge on any atom is -0.506 e. The van der Waals surface area contributed by atoms with Gasteiger partial charge in [-0.2, -0.15) is 0 Å². The number of hydrogen-bond donors (Lipinski definition) is 2. The van der Waals surface area contributed by atoms with Crippen LogP contribution in [0, 0.1) is 6.92 Å².